The van der Waals surface area contributed by atoms with Crippen molar-refractivity contribution in [3.05, 3.63) is 35.3 Å². The summed E-state index contributed by atoms with van der Waals surface area (Å²) in [4.78, 5) is 14.1. The second-order valence-electron chi connectivity index (χ2n) is 3.65. The fourth-order valence-corrected chi connectivity index (χ4v) is 1.95. The number of urea groups is 1. The van der Waals surface area contributed by atoms with Crippen LogP contribution in [0.15, 0.2) is 30.5 Å². The molecule has 0 aliphatic heterocycles. The van der Waals surface area contributed by atoms with E-state index in [0.717, 1.165) is 0 Å². The van der Waals surface area contributed by atoms with Gasteiger partial charge in [-0.25, -0.2) is 9.78 Å². The van der Waals surface area contributed by atoms with Gasteiger partial charge in [-0.15, -0.1) is 0 Å². The number of halogens is 3. The number of nitrogens with zero attached hydrogens (tertiary/aromatic N) is 1. The highest BCUT2D eigenvalue weighted by Gasteiger charge is 2.33. The smallest absolute Gasteiger partial charge is 0.427 e. The van der Waals surface area contributed by atoms with Gasteiger partial charge in [0.2, 0.25) is 0 Å². The van der Waals surface area contributed by atoms with E-state index in [2.05, 4.69) is 15.6 Å². The summed E-state index contributed by atoms with van der Waals surface area (Å²) in [6, 6.07) is 4.89. The lowest BCUT2D eigenvalue weighted by atomic mass is 10.3. The molecule has 9 heteroatoms. The van der Waals surface area contributed by atoms with Gasteiger partial charge in [0.15, 0.2) is 5.13 Å². The van der Waals surface area contributed by atoms with Crippen molar-refractivity contribution in [3.8, 4) is 5.75 Å². The maximum Gasteiger partial charge on any atom is 0.427 e. The van der Waals surface area contributed by atoms with Crippen molar-refractivity contribution < 1.29 is 23.1 Å². The Kier molecular flexibility index (Phi) is 3.79. The zero-order valence-corrected chi connectivity index (χ0v) is 10.5. The van der Waals surface area contributed by atoms with Gasteiger partial charge < -0.3 is 10.4 Å². The molecule has 3 N–H and O–H groups in total. The lowest BCUT2D eigenvalue weighted by Crippen LogP contribution is -2.19. The molecule has 1 heterocycles. The average Bonchev–Trinajstić information content (AvgIpc) is 2.80. The molecule has 0 bridgehead atoms. The number of benzene rings is 1. The number of alkyl halides is 3. The summed E-state index contributed by atoms with van der Waals surface area (Å²) in [5, 5.41) is 13.5. The number of aromatic hydroxyl groups is 1. The van der Waals surface area contributed by atoms with Crippen molar-refractivity contribution in [2.24, 2.45) is 0 Å². The molecule has 0 spiro atoms. The molecule has 0 radical (unpaired) electrons. The van der Waals surface area contributed by atoms with Crippen LogP contribution in [0.1, 0.15) is 4.88 Å². The summed E-state index contributed by atoms with van der Waals surface area (Å²) in [6.07, 6.45) is -3.83. The normalized spacial score (nSPS) is 11.2. The van der Waals surface area contributed by atoms with Gasteiger partial charge in [-0.2, -0.15) is 13.2 Å². The number of hydrogen-bond acceptors (Lipinski definition) is 4. The third-order valence-corrected chi connectivity index (χ3v) is 3.09. The quantitative estimate of drug-likeness (QED) is 0.743. The van der Waals surface area contributed by atoms with Crippen molar-refractivity contribution in [2.45, 2.75) is 6.18 Å². The van der Waals surface area contributed by atoms with Crippen LogP contribution in [-0.4, -0.2) is 16.1 Å². The molecule has 1 aromatic heterocycles. The maximum absolute atomic E-state index is 12.3. The van der Waals surface area contributed by atoms with Crippen LogP contribution in [0, 0.1) is 0 Å². The number of carbonyl (C=O) groups excluding carboxylic acids is 1. The number of nitrogens with one attached hydrogen (secondary N) is 2. The Morgan fingerprint density at radius 1 is 1.20 bits per heavy atom. The lowest BCUT2D eigenvalue weighted by Gasteiger charge is -2.05. The molecule has 0 saturated carbocycles. The third kappa shape index (κ3) is 3.60. The highest BCUT2D eigenvalue weighted by molar-refractivity contribution is 7.15. The van der Waals surface area contributed by atoms with Crippen LogP contribution < -0.4 is 10.6 Å². The first kappa shape index (κ1) is 14.1. The number of carbonyl (C=O) groups is 1. The molecule has 0 aliphatic carbocycles. The number of aromatic nitrogens is 1. The second-order valence-corrected chi connectivity index (χ2v) is 4.68. The van der Waals surface area contributed by atoms with E-state index in [0.29, 0.717) is 23.2 Å². The van der Waals surface area contributed by atoms with Gasteiger partial charge in [0.1, 0.15) is 10.6 Å². The minimum absolute atomic E-state index is 0.0331. The molecular weight excluding hydrogens is 295 g/mol. The first-order valence-electron chi connectivity index (χ1n) is 5.24. The molecule has 0 saturated heterocycles. The molecule has 0 unspecified atom stereocenters. The molecule has 2 amide bonds. The van der Waals surface area contributed by atoms with Gasteiger partial charge in [0.05, 0.1) is 6.20 Å². The largest absolute Gasteiger partial charge is 0.508 e. The molecule has 20 heavy (non-hydrogen) atoms. The van der Waals surface area contributed by atoms with Gasteiger partial charge in [-0.05, 0) is 24.3 Å². The van der Waals surface area contributed by atoms with Crippen molar-refractivity contribution >= 4 is 28.2 Å². The summed E-state index contributed by atoms with van der Waals surface area (Å²) in [7, 11) is 0. The molecule has 0 aliphatic rings. The summed E-state index contributed by atoms with van der Waals surface area (Å²) < 4.78 is 37.0. The van der Waals surface area contributed by atoms with Crippen molar-refractivity contribution in [1.82, 2.24) is 4.98 Å². The number of hydrogen-bond donors (Lipinski definition) is 3. The summed E-state index contributed by atoms with van der Waals surface area (Å²) in [5.41, 5.74) is 0.382. The van der Waals surface area contributed by atoms with E-state index in [1.54, 1.807) is 0 Å². The van der Waals surface area contributed by atoms with Crippen LogP contribution in [0.2, 0.25) is 0 Å². The van der Waals surface area contributed by atoms with E-state index in [-0.39, 0.29) is 10.9 Å². The first-order valence-corrected chi connectivity index (χ1v) is 6.06. The number of rotatable bonds is 2. The fourth-order valence-electron chi connectivity index (χ4n) is 1.27. The van der Waals surface area contributed by atoms with Gasteiger partial charge >= 0.3 is 12.2 Å². The first-order chi connectivity index (χ1) is 9.34. The van der Waals surface area contributed by atoms with Crippen LogP contribution in [0.25, 0.3) is 0 Å². The fraction of sp³-hybridized carbons (Fsp3) is 0.0909. The summed E-state index contributed by atoms with van der Waals surface area (Å²) >= 11 is 0.333. The molecule has 2 rings (SSSR count). The van der Waals surface area contributed by atoms with Gasteiger partial charge in [-0.3, -0.25) is 5.32 Å². The standard InChI is InChI=1S/C11H8F3N3O2S/c12-11(13,14)8-5-15-10(20-8)17-9(19)16-6-1-3-7(18)4-2-6/h1-5,18H,(H2,15,16,17,19). The topological polar surface area (TPSA) is 74.2 Å². The van der Waals surface area contributed by atoms with Crippen molar-refractivity contribution in [2.75, 3.05) is 10.6 Å². The average molecular weight is 303 g/mol. The Morgan fingerprint density at radius 3 is 2.40 bits per heavy atom. The van der Waals surface area contributed by atoms with Crippen molar-refractivity contribution in [1.29, 1.82) is 0 Å². The summed E-state index contributed by atoms with van der Waals surface area (Å²) in [6.45, 7) is 0. The van der Waals surface area contributed by atoms with Crippen LogP contribution in [0.5, 0.6) is 5.75 Å². The molecular formula is C11H8F3N3O2S. The molecule has 0 fully saturated rings. The van der Waals surface area contributed by atoms with Gasteiger partial charge in [0.25, 0.3) is 0 Å². The Hall–Kier alpha value is -2.29. The Balaban J connectivity index is 1.98. The van der Waals surface area contributed by atoms with Crippen LogP contribution >= 0.6 is 11.3 Å². The molecule has 0 atom stereocenters. The Morgan fingerprint density at radius 2 is 1.85 bits per heavy atom. The van der Waals surface area contributed by atoms with Crippen LogP contribution in [-0.2, 0) is 6.18 Å². The second kappa shape index (κ2) is 5.37. The lowest BCUT2D eigenvalue weighted by molar-refractivity contribution is -0.134. The molecule has 2 aromatic rings. The molecule has 1 aromatic carbocycles. The van der Waals surface area contributed by atoms with Crippen LogP contribution in [0.3, 0.4) is 0 Å². The van der Waals surface area contributed by atoms with E-state index in [9.17, 15) is 18.0 Å². The van der Waals surface area contributed by atoms with Crippen molar-refractivity contribution in [3.63, 3.8) is 0 Å². The van der Waals surface area contributed by atoms with E-state index >= 15 is 0 Å². The number of phenols is 1. The predicted molar refractivity (Wildman–Crippen MR) is 67.9 cm³/mol. The monoisotopic (exact) mass is 303 g/mol. The minimum Gasteiger partial charge on any atom is -0.508 e. The Bertz CT molecular complexity index is 610. The minimum atomic E-state index is -4.48. The number of phenolic OH excluding ortho intramolecular Hbond substituents is 1. The number of thiazole rings is 1. The van der Waals surface area contributed by atoms with E-state index < -0.39 is 17.1 Å². The summed E-state index contributed by atoms with van der Waals surface area (Å²) in [5.74, 6) is 0.0331. The molecule has 5 nitrogen and oxygen atoms in total. The predicted octanol–water partition coefficient (Wildman–Crippen LogP) is 3.51. The zero-order chi connectivity index (χ0) is 14.8. The Labute approximate surface area is 115 Å². The number of amides is 2. The molecule has 106 valence electrons. The zero-order valence-electron chi connectivity index (χ0n) is 9.73. The number of anilines is 2. The van der Waals surface area contributed by atoms with Gasteiger partial charge in [-0.1, -0.05) is 11.3 Å². The van der Waals surface area contributed by atoms with E-state index in [1.807, 2.05) is 0 Å². The van der Waals surface area contributed by atoms with Gasteiger partial charge in [0, 0.05) is 5.69 Å². The highest BCUT2D eigenvalue weighted by atomic mass is 32.1. The van der Waals surface area contributed by atoms with Crippen LogP contribution in [0.4, 0.5) is 28.8 Å². The highest BCUT2D eigenvalue weighted by Crippen LogP contribution is 2.34. The maximum atomic E-state index is 12.3. The third-order valence-electron chi connectivity index (χ3n) is 2.13. The SMILES string of the molecule is O=C(Nc1ccc(O)cc1)Nc1ncc(C(F)(F)F)s1. The van der Waals surface area contributed by atoms with E-state index in [4.69, 9.17) is 5.11 Å². The van der Waals surface area contributed by atoms with E-state index in [1.165, 1.54) is 24.3 Å².